The molecule has 0 N–H and O–H groups in total. The van der Waals surface area contributed by atoms with Gasteiger partial charge in [-0.25, -0.2) is 0 Å². The lowest BCUT2D eigenvalue weighted by Crippen LogP contribution is -2.00. The molecule has 1 aromatic heterocycles. The van der Waals surface area contributed by atoms with Crippen LogP contribution >= 0.6 is 0 Å². The molecule has 0 saturated carbocycles. The maximum absolute atomic E-state index is 9.04. The van der Waals surface area contributed by atoms with Crippen LogP contribution < -0.4 is 0 Å². The molecule has 0 amide bonds. The third kappa shape index (κ3) is 2.66. The molecule has 0 radical (unpaired) electrons. The largest absolute Gasteiger partial charge is 0.309 e. The Kier molecular flexibility index (Phi) is 3.92. The molecule has 0 unspecified atom stereocenters. The highest BCUT2D eigenvalue weighted by atomic mass is 15.0. The molecular formula is C26H18N2. The van der Waals surface area contributed by atoms with Crippen molar-refractivity contribution in [2.45, 2.75) is 6.42 Å². The van der Waals surface area contributed by atoms with Gasteiger partial charge < -0.3 is 4.57 Å². The van der Waals surface area contributed by atoms with E-state index in [2.05, 4.69) is 83.4 Å². The summed E-state index contributed by atoms with van der Waals surface area (Å²) in [5.74, 6) is 0. The molecule has 0 aliphatic carbocycles. The van der Waals surface area contributed by atoms with E-state index >= 15 is 0 Å². The lowest BCUT2D eigenvalue weighted by Gasteiger charge is -2.14. The second-order valence-corrected chi connectivity index (χ2v) is 6.98. The maximum Gasteiger partial charge on any atom is 0.0991 e. The Balaban J connectivity index is 1.71. The first kappa shape index (κ1) is 16.4. The zero-order chi connectivity index (χ0) is 18.9. The van der Waals surface area contributed by atoms with Gasteiger partial charge in [-0.3, -0.25) is 0 Å². The smallest absolute Gasteiger partial charge is 0.0991 e. The van der Waals surface area contributed by atoms with Gasteiger partial charge in [0.1, 0.15) is 0 Å². The Morgan fingerprint density at radius 1 is 0.643 bits per heavy atom. The fraction of sp³-hybridized carbons (Fsp3) is 0.0385. The van der Waals surface area contributed by atoms with E-state index in [-0.39, 0.29) is 0 Å². The van der Waals surface area contributed by atoms with Crippen LogP contribution in [0.15, 0.2) is 97.1 Å². The molecule has 0 saturated heterocycles. The number of benzene rings is 4. The number of fused-ring (bicyclic) bond motifs is 3. The van der Waals surface area contributed by atoms with Gasteiger partial charge >= 0.3 is 0 Å². The van der Waals surface area contributed by atoms with Crippen molar-refractivity contribution in [1.82, 2.24) is 4.57 Å². The number of para-hydroxylation sites is 3. The summed E-state index contributed by atoms with van der Waals surface area (Å²) >= 11 is 0. The molecule has 2 heteroatoms. The van der Waals surface area contributed by atoms with E-state index in [1.807, 2.05) is 24.3 Å². The van der Waals surface area contributed by atoms with E-state index < -0.39 is 0 Å². The van der Waals surface area contributed by atoms with E-state index in [0.29, 0.717) is 5.56 Å². The highest BCUT2D eigenvalue weighted by molar-refractivity contribution is 6.09. The third-order valence-corrected chi connectivity index (χ3v) is 5.29. The highest BCUT2D eigenvalue weighted by Crippen LogP contribution is 2.33. The summed E-state index contributed by atoms with van der Waals surface area (Å²) in [6, 6.07) is 35.8. The molecule has 0 aliphatic heterocycles. The molecule has 5 rings (SSSR count). The number of nitriles is 1. The molecule has 5 aromatic rings. The molecule has 2 nitrogen and oxygen atoms in total. The summed E-state index contributed by atoms with van der Waals surface area (Å²) in [6.45, 7) is 0. The number of aromatic nitrogens is 1. The van der Waals surface area contributed by atoms with Crippen LogP contribution in [0.4, 0.5) is 0 Å². The van der Waals surface area contributed by atoms with Crippen LogP contribution in [0, 0.1) is 11.3 Å². The van der Waals surface area contributed by atoms with Gasteiger partial charge in [0.2, 0.25) is 0 Å². The van der Waals surface area contributed by atoms with Gasteiger partial charge in [-0.15, -0.1) is 0 Å². The monoisotopic (exact) mass is 358 g/mol. The summed E-state index contributed by atoms with van der Waals surface area (Å²) in [4.78, 5) is 0. The molecule has 0 fully saturated rings. The summed E-state index contributed by atoms with van der Waals surface area (Å²) < 4.78 is 2.36. The second-order valence-electron chi connectivity index (χ2n) is 6.98. The molecule has 0 spiro atoms. The minimum absolute atomic E-state index is 0.694. The minimum Gasteiger partial charge on any atom is -0.309 e. The van der Waals surface area contributed by atoms with Gasteiger partial charge in [0.25, 0.3) is 0 Å². The normalized spacial score (nSPS) is 11.0. The van der Waals surface area contributed by atoms with Crippen LogP contribution in [0.1, 0.15) is 16.7 Å². The first-order valence-corrected chi connectivity index (χ1v) is 9.40. The molecule has 1 heterocycles. The summed E-state index contributed by atoms with van der Waals surface area (Å²) in [6.07, 6.45) is 0.822. The Hall–Kier alpha value is -3.83. The molecule has 0 aliphatic rings. The number of rotatable bonds is 3. The predicted molar refractivity (Wildman–Crippen MR) is 115 cm³/mol. The van der Waals surface area contributed by atoms with Crippen molar-refractivity contribution in [1.29, 1.82) is 5.26 Å². The van der Waals surface area contributed by atoms with Crippen LogP contribution in [0.2, 0.25) is 0 Å². The second kappa shape index (κ2) is 6.72. The lowest BCUT2D eigenvalue weighted by atomic mass is 10.0. The quantitative estimate of drug-likeness (QED) is 0.375. The zero-order valence-electron chi connectivity index (χ0n) is 15.3. The highest BCUT2D eigenvalue weighted by Gasteiger charge is 2.13. The van der Waals surface area contributed by atoms with E-state index in [9.17, 15) is 0 Å². The van der Waals surface area contributed by atoms with Crippen molar-refractivity contribution in [3.05, 3.63) is 114 Å². The third-order valence-electron chi connectivity index (χ3n) is 5.29. The maximum atomic E-state index is 9.04. The van der Waals surface area contributed by atoms with E-state index in [1.54, 1.807) is 0 Å². The van der Waals surface area contributed by atoms with Crippen LogP contribution in [0.3, 0.4) is 0 Å². The number of nitrogens with zero attached hydrogens (tertiary/aromatic N) is 2. The van der Waals surface area contributed by atoms with Crippen molar-refractivity contribution in [3.63, 3.8) is 0 Å². The van der Waals surface area contributed by atoms with Gasteiger partial charge in [0, 0.05) is 16.5 Å². The molecule has 132 valence electrons. The SMILES string of the molecule is N#Cc1ccc(Cc2ccccc2-n2c3ccccc3c3ccccc32)cc1. The first-order chi connectivity index (χ1) is 13.8. The molecular weight excluding hydrogens is 340 g/mol. The number of hydrogen-bond acceptors (Lipinski definition) is 1. The van der Waals surface area contributed by atoms with Crippen molar-refractivity contribution in [2.75, 3.05) is 0 Å². The first-order valence-electron chi connectivity index (χ1n) is 9.40. The summed E-state index contributed by atoms with van der Waals surface area (Å²) in [7, 11) is 0. The van der Waals surface area contributed by atoms with Gasteiger partial charge in [0.05, 0.1) is 22.7 Å². The lowest BCUT2D eigenvalue weighted by molar-refractivity contribution is 1.09. The average molecular weight is 358 g/mol. The van der Waals surface area contributed by atoms with E-state index in [0.717, 1.165) is 6.42 Å². The average Bonchev–Trinajstić information content (AvgIpc) is 3.09. The van der Waals surface area contributed by atoms with Crippen LogP contribution in [0.5, 0.6) is 0 Å². The van der Waals surface area contributed by atoms with Gasteiger partial charge in [0.15, 0.2) is 0 Å². The molecule has 28 heavy (non-hydrogen) atoms. The summed E-state index contributed by atoms with van der Waals surface area (Å²) in [5, 5.41) is 11.6. The predicted octanol–water partition coefficient (Wildman–Crippen LogP) is 6.25. The van der Waals surface area contributed by atoms with Crippen LogP contribution in [0.25, 0.3) is 27.5 Å². The Morgan fingerprint density at radius 2 is 1.21 bits per heavy atom. The summed E-state index contributed by atoms with van der Waals surface area (Å²) in [5.41, 5.74) is 6.79. The fourth-order valence-corrected chi connectivity index (χ4v) is 3.98. The topological polar surface area (TPSA) is 28.7 Å². The van der Waals surface area contributed by atoms with Crippen molar-refractivity contribution in [2.24, 2.45) is 0 Å². The van der Waals surface area contributed by atoms with Gasteiger partial charge in [-0.05, 0) is 47.9 Å². The molecule has 0 atom stereocenters. The van der Waals surface area contributed by atoms with Crippen molar-refractivity contribution < 1.29 is 0 Å². The van der Waals surface area contributed by atoms with Crippen molar-refractivity contribution >= 4 is 21.8 Å². The van der Waals surface area contributed by atoms with E-state index in [4.69, 9.17) is 5.26 Å². The van der Waals surface area contributed by atoms with Crippen LogP contribution in [-0.2, 0) is 6.42 Å². The molecule has 0 bridgehead atoms. The standard InChI is InChI=1S/C26H18N2/c27-18-20-15-13-19(14-16-20)17-21-7-1-4-10-24(21)28-25-11-5-2-8-22(25)23-9-3-6-12-26(23)28/h1-16H,17H2. The van der Waals surface area contributed by atoms with Crippen molar-refractivity contribution in [3.8, 4) is 11.8 Å². The number of hydrogen-bond donors (Lipinski definition) is 0. The molecule has 4 aromatic carbocycles. The van der Waals surface area contributed by atoms with E-state index in [1.165, 1.54) is 38.6 Å². The Morgan fingerprint density at radius 3 is 1.86 bits per heavy atom. The van der Waals surface area contributed by atoms with Crippen LogP contribution in [-0.4, -0.2) is 4.57 Å². The van der Waals surface area contributed by atoms with Gasteiger partial charge in [-0.2, -0.15) is 5.26 Å². The van der Waals surface area contributed by atoms with Gasteiger partial charge in [-0.1, -0.05) is 66.7 Å². The minimum atomic E-state index is 0.694. The Bertz CT molecular complexity index is 1280. The zero-order valence-corrected chi connectivity index (χ0v) is 15.3. The Labute approximate surface area is 163 Å². The fourth-order valence-electron chi connectivity index (χ4n) is 3.98.